The van der Waals surface area contributed by atoms with Crippen LogP contribution in [0.5, 0.6) is 0 Å². The predicted octanol–water partition coefficient (Wildman–Crippen LogP) is 4.38. The highest BCUT2D eigenvalue weighted by atomic mass is 16.6. The van der Waals surface area contributed by atoms with Gasteiger partial charge >= 0.3 is 6.09 Å². The molecule has 0 bridgehead atoms. The van der Waals surface area contributed by atoms with E-state index >= 15 is 0 Å². The van der Waals surface area contributed by atoms with Gasteiger partial charge in [0.05, 0.1) is 0 Å². The van der Waals surface area contributed by atoms with Crippen LogP contribution in [0.4, 0.5) is 4.79 Å². The van der Waals surface area contributed by atoms with E-state index in [1.54, 1.807) is 0 Å². The van der Waals surface area contributed by atoms with E-state index in [1.165, 1.54) is 32.1 Å². The molecule has 1 amide bonds. The van der Waals surface area contributed by atoms with E-state index < -0.39 is 5.60 Å². The molecule has 2 rings (SSSR count). The molecule has 2 saturated carbocycles. The third-order valence-corrected chi connectivity index (χ3v) is 5.30. The number of rotatable bonds is 4. The summed E-state index contributed by atoms with van der Waals surface area (Å²) in [6, 6.07) is 1.52. The SMILES string of the molecule is C[C@H](NC1CCC(NC(=O)OC(C)(C)C)CC1)C1CCCCC1. The van der Waals surface area contributed by atoms with Crippen LogP contribution in [0.2, 0.25) is 0 Å². The molecule has 0 unspecified atom stereocenters. The van der Waals surface area contributed by atoms with Gasteiger partial charge in [-0.1, -0.05) is 19.3 Å². The molecule has 0 aromatic rings. The van der Waals surface area contributed by atoms with Gasteiger partial charge in [0.15, 0.2) is 0 Å². The van der Waals surface area contributed by atoms with Crippen molar-refractivity contribution in [2.75, 3.05) is 0 Å². The summed E-state index contributed by atoms with van der Waals surface area (Å²) in [7, 11) is 0. The third-order valence-electron chi connectivity index (χ3n) is 5.30. The van der Waals surface area contributed by atoms with E-state index in [4.69, 9.17) is 4.74 Å². The van der Waals surface area contributed by atoms with Crippen LogP contribution < -0.4 is 10.6 Å². The Morgan fingerprint density at radius 3 is 2.09 bits per heavy atom. The molecule has 4 heteroatoms. The van der Waals surface area contributed by atoms with Gasteiger partial charge in [-0.15, -0.1) is 0 Å². The Labute approximate surface area is 142 Å². The standard InChI is InChI=1S/C19H36N2O2/c1-14(15-8-6-5-7-9-15)20-16-10-12-17(13-11-16)21-18(22)23-19(2,3)4/h14-17,20H,5-13H2,1-4H3,(H,21,22)/t14-,16?,17?/m0/s1. The molecule has 1 atom stereocenters. The summed E-state index contributed by atoms with van der Waals surface area (Å²) in [4.78, 5) is 11.8. The summed E-state index contributed by atoms with van der Waals surface area (Å²) >= 11 is 0. The van der Waals surface area contributed by atoms with Gasteiger partial charge in [-0.25, -0.2) is 4.79 Å². The molecule has 23 heavy (non-hydrogen) atoms. The van der Waals surface area contributed by atoms with Crippen LogP contribution in [-0.4, -0.2) is 29.8 Å². The smallest absolute Gasteiger partial charge is 0.407 e. The highest BCUT2D eigenvalue weighted by Gasteiger charge is 2.27. The quantitative estimate of drug-likeness (QED) is 0.807. The summed E-state index contributed by atoms with van der Waals surface area (Å²) in [5.41, 5.74) is -0.418. The highest BCUT2D eigenvalue weighted by molar-refractivity contribution is 5.68. The monoisotopic (exact) mass is 324 g/mol. The molecule has 2 aliphatic carbocycles. The van der Waals surface area contributed by atoms with Gasteiger partial charge in [-0.3, -0.25) is 0 Å². The van der Waals surface area contributed by atoms with E-state index in [0.29, 0.717) is 12.1 Å². The number of carbonyl (C=O) groups excluding carboxylic acids is 1. The molecule has 4 nitrogen and oxygen atoms in total. The number of nitrogens with one attached hydrogen (secondary N) is 2. The number of carbonyl (C=O) groups is 1. The van der Waals surface area contributed by atoms with Crippen LogP contribution in [-0.2, 0) is 4.74 Å². The minimum absolute atomic E-state index is 0.271. The molecule has 0 aliphatic heterocycles. The normalized spacial score (nSPS) is 28.2. The summed E-state index contributed by atoms with van der Waals surface area (Å²) in [5, 5.41) is 6.88. The minimum Gasteiger partial charge on any atom is -0.444 e. The molecule has 0 aromatic carbocycles. The van der Waals surface area contributed by atoms with Gasteiger partial charge in [-0.05, 0) is 72.1 Å². The molecule has 2 aliphatic rings. The summed E-state index contributed by atoms with van der Waals surface area (Å²) in [5.74, 6) is 0.862. The van der Waals surface area contributed by atoms with Gasteiger partial charge in [-0.2, -0.15) is 0 Å². The van der Waals surface area contributed by atoms with Gasteiger partial charge in [0.1, 0.15) is 5.60 Å². The third kappa shape index (κ3) is 6.70. The lowest BCUT2D eigenvalue weighted by atomic mass is 9.83. The Balaban J connectivity index is 1.66. The van der Waals surface area contributed by atoms with E-state index in [1.807, 2.05) is 20.8 Å². The van der Waals surface area contributed by atoms with Crippen LogP contribution >= 0.6 is 0 Å². The first-order valence-electron chi connectivity index (χ1n) is 9.59. The topological polar surface area (TPSA) is 50.4 Å². The first-order chi connectivity index (χ1) is 10.8. The van der Waals surface area contributed by atoms with E-state index in [2.05, 4.69) is 17.6 Å². The molecular weight excluding hydrogens is 288 g/mol. The summed E-state index contributed by atoms with van der Waals surface area (Å²) < 4.78 is 5.35. The minimum atomic E-state index is -0.418. The average Bonchev–Trinajstić information content (AvgIpc) is 2.48. The van der Waals surface area contributed by atoms with Gasteiger partial charge in [0, 0.05) is 18.1 Å². The second-order valence-corrected chi connectivity index (χ2v) is 8.55. The molecule has 0 radical (unpaired) electrons. The van der Waals surface area contributed by atoms with Crippen LogP contribution in [0, 0.1) is 5.92 Å². The lowest BCUT2D eigenvalue weighted by Crippen LogP contribution is -2.47. The number of ether oxygens (including phenoxy) is 1. The fourth-order valence-corrected chi connectivity index (χ4v) is 4.02. The van der Waals surface area contributed by atoms with E-state index in [9.17, 15) is 4.79 Å². The Bertz CT molecular complexity index is 364. The van der Waals surface area contributed by atoms with Crippen LogP contribution in [0.15, 0.2) is 0 Å². The average molecular weight is 325 g/mol. The number of alkyl carbamates (subject to hydrolysis) is 1. The zero-order valence-corrected chi connectivity index (χ0v) is 15.5. The Morgan fingerprint density at radius 1 is 0.957 bits per heavy atom. The van der Waals surface area contributed by atoms with Crippen molar-refractivity contribution in [1.29, 1.82) is 0 Å². The van der Waals surface area contributed by atoms with Crippen molar-refractivity contribution < 1.29 is 9.53 Å². The fourth-order valence-electron chi connectivity index (χ4n) is 4.02. The summed E-state index contributed by atoms with van der Waals surface area (Å²) in [6.45, 7) is 8.07. The second-order valence-electron chi connectivity index (χ2n) is 8.55. The van der Waals surface area contributed by atoms with Gasteiger partial charge in [0.25, 0.3) is 0 Å². The fraction of sp³-hybridized carbons (Fsp3) is 0.947. The lowest BCUT2D eigenvalue weighted by molar-refractivity contribution is 0.0488. The number of amides is 1. The molecule has 2 N–H and O–H groups in total. The van der Waals surface area contributed by atoms with Crippen molar-refractivity contribution in [2.24, 2.45) is 5.92 Å². The maximum absolute atomic E-state index is 11.8. The largest absolute Gasteiger partial charge is 0.444 e. The molecule has 0 saturated heterocycles. The Hall–Kier alpha value is -0.770. The molecule has 2 fully saturated rings. The van der Waals surface area contributed by atoms with Gasteiger partial charge < -0.3 is 15.4 Å². The van der Waals surface area contributed by atoms with E-state index in [0.717, 1.165) is 31.6 Å². The zero-order chi connectivity index (χ0) is 16.9. The lowest BCUT2D eigenvalue weighted by Gasteiger charge is -2.35. The zero-order valence-electron chi connectivity index (χ0n) is 15.5. The first-order valence-corrected chi connectivity index (χ1v) is 9.59. The molecular formula is C19H36N2O2. The van der Waals surface area contributed by atoms with Crippen molar-refractivity contribution in [3.05, 3.63) is 0 Å². The molecule has 0 heterocycles. The van der Waals surface area contributed by atoms with Crippen LogP contribution in [0.3, 0.4) is 0 Å². The molecule has 0 spiro atoms. The van der Waals surface area contributed by atoms with Crippen molar-refractivity contribution in [1.82, 2.24) is 10.6 Å². The van der Waals surface area contributed by atoms with Crippen LogP contribution in [0.1, 0.15) is 85.5 Å². The van der Waals surface area contributed by atoms with Crippen molar-refractivity contribution in [3.8, 4) is 0 Å². The Morgan fingerprint density at radius 2 is 1.52 bits per heavy atom. The second kappa shape index (κ2) is 8.36. The maximum atomic E-state index is 11.8. The van der Waals surface area contributed by atoms with Crippen molar-refractivity contribution in [3.63, 3.8) is 0 Å². The molecule has 134 valence electrons. The number of hydrogen-bond acceptors (Lipinski definition) is 3. The highest BCUT2D eigenvalue weighted by Crippen LogP contribution is 2.28. The van der Waals surface area contributed by atoms with Crippen LogP contribution in [0.25, 0.3) is 0 Å². The van der Waals surface area contributed by atoms with Gasteiger partial charge in [0.2, 0.25) is 0 Å². The Kier molecular flexibility index (Phi) is 6.75. The summed E-state index contributed by atoms with van der Waals surface area (Å²) in [6.07, 6.45) is 11.1. The van der Waals surface area contributed by atoms with Crippen molar-refractivity contribution in [2.45, 2.75) is 109 Å². The number of hydrogen-bond donors (Lipinski definition) is 2. The first kappa shape index (κ1) is 18.6. The predicted molar refractivity (Wildman–Crippen MR) is 94.6 cm³/mol. The maximum Gasteiger partial charge on any atom is 0.407 e. The van der Waals surface area contributed by atoms with E-state index in [-0.39, 0.29) is 12.1 Å². The molecule has 0 aromatic heterocycles. The van der Waals surface area contributed by atoms with Crippen molar-refractivity contribution >= 4 is 6.09 Å².